The Labute approximate surface area is 235 Å². The van der Waals surface area contributed by atoms with Gasteiger partial charge in [0.2, 0.25) is 0 Å². The van der Waals surface area contributed by atoms with E-state index in [0.717, 1.165) is 38.0 Å². The Morgan fingerprint density at radius 3 is 2.31 bits per heavy atom. The van der Waals surface area contributed by atoms with Crippen LogP contribution in [0.5, 0.6) is 0 Å². The highest BCUT2D eigenvalue weighted by Gasteiger charge is 2.68. The van der Waals surface area contributed by atoms with Crippen molar-refractivity contribution in [3.05, 3.63) is 11.1 Å². The first-order valence-corrected chi connectivity index (χ1v) is 16.0. The van der Waals surface area contributed by atoms with Crippen molar-refractivity contribution in [3.8, 4) is 0 Å². The van der Waals surface area contributed by atoms with E-state index in [1.165, 1.54) is 32.6 Å². The smallest absolute Gasteiger partial charge is 0.318 e. The standard InChI is InChI=1S/C34H50O5/c1-17(2)18(3)8-9-19(4)26-16-24-29-28(31(36)39-32(29)37)23-15-21-14-22(38-20(5)35)10-12-33(21,6)25-11-13-34(26,7)30(24)27(23)25/h17-19,21-26,28-29H,8-16H2,1-7H3/t18-,19+,21+,22+,23+,24+,25+,26+,28-,29-,33-,34-/m0/s1. The Kier molecular flexibility index (Phi) is 6.66. The second-order valence-electron chi connectivity index (χ2n) is 15.4. The van der Waals surface area contributed by atoms with Gasteiger partial charge in [0.15, 0.2) is 0 Å². The molecule has 0 bridgehead atoms. The van der Waals surface area contributed by atoms with Gasteiger partial charge in [-0.25, -0.2) is 0 Å². The molecule has 3 saturated carbocycles. The molecule has 0 aromatic carbocycles. The average molecular weight is 539 g/mol. The van der Waals surface area contributed by atoms with Gasteiger partial charge in [-0.3, -0.25) is 14.4 Å². The van der Waals surface area contributed by atoms with Gasteiger partial charge in [-0.1, -0.05) is 65.5 Å². The molecule has 216 valence electrons. The van der Waals surface area contributed by atoms with Crippen LogP contribution in [0.1, 0.15) is 106 Å². The second kappa shape index (κ2) is 9.44. The molecule has 39 heavy (non-hydrogen) atoms. The van der Waals surface area contributed by atoms with E-state index in [2.05, 4.69) is 41.5 Å². The summed E-state index contributed by atoms with van der Waals surface area (Å²) >= 11 is 0. The Hall–Kier alpha value is -1.65. The molecule has 0 amide bonds. The Morgan fingerprint density at radius 1 is 0.949 bits per heavy atom. The highest BCUT2D eigenvalue weighted by molar-refractivity contribution is 5.98. The first-order chi connectivity index (χ1) is 18.4. The van der Waals surface area contributed by atoms with Gasteiger partial charge in [0.1, 0.15) is 6.10 Å². The van der Waals surface area contributed by atoms with E-state index in [-0.39, 0.29) is 58.5 Å². The fraction of sp³-hybridized carbons (Fsp3) is 0.853. The minimum absolute atomic E-state index is 0.0297. The van der Waals surface area contributed by atoms with Gasteiger partial charge in [-0.2, -0.15) is 0 Å². The van der Waals surface area contributed by atoms with Gasteiger partial charge in [0.25, 0.3) is 0 Å². The van der Waals surface area contributed by atoms with Crippen molar-refractivity contribution in [3.63, 3.8) is 0 Å². The monoisotopic (exact) mass is 538 g/mol. The van der Waals surface area contributed by atoms with Crippen molar-refractivity contribution in [2.75, 3.05) is 0 Å². The molecule has 0 radical (unpaired) electrons. The van der Waals surface area contributed by atoms with E-state index in [1.807, 2.05) is 0 Å². The van der Waals surface area contributed by atoms with E-state index in [1.54, 1.807) is 11.1 Å². The lowest BCUT2D eigenvalue weighted by atomic mass is 9.43. The molecule has 0 aromatic heterocycles. The number of rotatable bonds is 6. The Bertz CT molecular complexity index is 1090. The Morgan fingerprint density at radius 2 is 1.64 bits per heavy atom. The van der Waals surface area contributed by atoms with Crippen LogP contribution in [-0.2, 0) is 23.9 Å². The molecule has 0 aromatic rings. The minimum atomic E-state index is -0.320. The van der Waals surface area contributed by atoms with E-state index in [0.29, 0.717) is 29.6 Å². The van der Waals surface area contributed by atoms with Crippen LogP contribution >= 0.6 is 0 Å². The molecule has 5 nitrogen and oxygen atoms in total. The van der Waals surface area contributed by atoms with Crippen molar-refractivity contribution in [2.24, 2.45) is 70.0 Å². The second-order valence-corrected chi connectivity index (χ2v) is 15.4. The molecule has 4 fully saturated rings. The third-order valence-electron chi connectivity index (χ3n) is 13.4. The summed E-state index contributed by atoms with van der Waals surface area (Å²) < 4.78 is 11.2. The molecule has 0 spiro atoms. The van der Waals surface area contributed by atoms with Gasteiger partial charge in [-0.05, 0) is 103 Å². The molecule has 6 aliphatic rings. The van der Waals surface area contributed by atoms with Crippen molar-refractivity contribution >= 4 is 17.9 Å². The molecule has 12 atom stereocenters. The third kappa shape index (κ3) is 4.02. The lowest BCUT2D eigenvalue weighted by Crippen LogP contribution is -2.55. The highest BCUT2D eigenvalue weighted by Crippen LogP contribution is 2.73. The number of hydrogen-bond donors (Lipinski definition) is 0. The molecule has 5 heteroatoms. The van der Waals surface area contributed by atoms with Gasteiger partial charge in [-0.15, -0.1) is 0 Å². The summed E-state index contributed by atoms with van der Waals surface area (Å²) in [5, 5.41) is 0. The lowest BCUT2D eigenvalue weighted by Gasteiger charge is -2.61. The summed E-state index contributed by atoms with van der Waals surface area (Å²) in [6.45, 7) is 16.0. The number of carbonyl (C=O) groups excluding carboxylic acids is 3. The normalized spacial score (nSPS) is 45.8. The zero-order valence-electron chi connectivity index (χ0n) is 25.3. The summed E-state index contributed by atoms with van der Waals surface area (Å²) in [6.07, 6.45) is 9.64. The number of esters is 3. The first kappa shape index (κ1) is 27.5. The number of cyclic esters (lactones) is 2. The summed E-state index contributed by atoms with van der Waals surface area (Å²) in [7, 11) is 0. The van der Waals surface area contributed by atoms with Crippen molar-refractivity contribution < 1.29 is 23.9 Å². The maximum absolute atomic E-state index is 13.3. The van der Waals surface area contributed by atoms with Gasteiger partial charge in [0, 0.05) is 6.92 Å². The molecule has 0 unspecified atom stereocenters. The minimum Gasteiger partial charge on any atom is -0.463 e. The average Bonchev–Trinajstić information content (AvgIpc) is 3.34. The van der Waals surface area contributed by atoms with E-state index < -0.39 is 0 Å². The molecular formula is C34H50O5. The third-order valence-corrected chi connectivity index (χ3v) is 13.4. The van der Waals surface area contributed by atoms with Crippen LogP contribution in [0.3, 0.4) is 0 Å². The summed E-state index contributed by atoms with van der Waals surface area (Å²) in [5.41, 5.74) is 3.45. The summed E-state index contributed by atoms with van der Waals surface area (Å²) in [4.78, 5) is 38.4. The van der Waals surface area contributed by atoms with Crippen molar-refractivity contribution in [1.29, 1.82) is 0 Å². The quantitative estimate of drug-likeness (QED) is 0.204. The summed E-state index contributed by atoms with van der Waals surface area (Å²) in [6, 6.07) is 0. The predicted molar refractivity (Wildman–Crippen MR) is 149 cm³/mol. The van der Waals surface area contributed by atoms with Crippen LogP contribution in [0, 0.1) is 70.0 Å². The highest BCUT2D eigenvalue weighted by atomic mass is 16.6. The number of fused-ring (bicyclic) bond motifs is 5. The van der Waals surface area contributed by atoms with Crippen LogP contribution in [0.25, 0.3) is 0 Å². The SMILES string of the molecule is CC(=O)O[C@@H]1CC[C@@]2(C)[C@H](C1)C[C@@H]1C3=C4[C@H](C[C@H]([C@H](C)CC[C@H](C)C(C)C)[C@]4(C)CC[C@H]32)[C@@H]2C(=O)OC(=O)[C@H]21. The van der Waals surface area contributed by atoms with E-state index in [9.17, 15) is 14.4 Å². The molecule has 1 heterocycles. The zero-order valence-corrected chi connectivity index (χ0v) is 25.3. The summed E-state index contributed by atoms with van der Waals surface area (Å²) in [5.74, 6) is 2.35. The fourth-order valence-corrected chi connectivity index (χ4v) is 11.0. The topological polar surface area (TPSA) is 69.7 Å². The van der Waals surface area contributed by atoms with Gasteiger partial charge >= 0.3 is 17.9 Å². The van der Waals surface area contributed by atoms with E-state index >= 15 is 0 Å². The van der Waals surface area contributed by atoms with Crippen LogP contribution in [0.15, 0.2) is 11.1 Å². The van der Waals surface area contributed by atoms with E-state index in [4.69, 9.17) is 9.47 Å². The van der Waals surface area contributed by atoms with Crippen molar-refractivity contribution in [1.82, 2.24) is 0 Å². The van der Waals surface area contributed by atoms with Crippen LogP contribution < -0.4 is 0 Å². The molecular weight excluding hydrogens is 488 g/mol. The number of carbonyl (C=O) groups is 3. The molecule has 1 aliphatic heterocycles. The zero-order chi connectivity index (χ0) is 28.0. The maximum atomic E-state index is 13.3. The number of ether oxygens (including phenoxy) is 2. The Balaban J connectivity index is 1.39. The largest absolute Gasteiger partial charge is 0.463 e. The predicted octanol–water partition coefficient (Wildman–Crippen LogP) is 7.13. The lowest BCUT2D eigenvalue weighted by molar-refractivity contribution is -0.154. The maximum Gasteiger partial charge on any atom is 0.318 e. The molecule has 1 saturated heterocycles. The van der Waals surface area contributed by atoms with Crippen LogP contribution in [0.4, 0.5) is 0 Å². The molecule has 5 aliphatic carbocycles. The van der Waals surface area contributed by atoms with Gasteiger partial charge < -0.3 is 9.47 Å². The van der Waals surface area contributed by atoms with Gasteiger partial charge in [0.05, 0.1) is 11.8 Å². The van der Waals surface area contributed by atoms with Crippen LogP contribution in [0.2, 0.25) is 0 Å². The first-order valence-electron chi connectivity index (χ1n) is 16.0. The molecule has 0 N–H and O–H groups in total. The fourth-order valence-electron chi connectivity index (χ4n) is 11.0. The van der Waals surface area contributed by atoms with Crippen LogP contribution in [-0.4, -0.2) is 24.0 Å². The number of allylic oxidation sites excluding steroid dienone is 2. The van der Waals surface area contributed by atoms with Crippen molar-refractivity contribution in [2.45, 2.75) is 112 Å². The number of hydrogen-bond acceptors (Lipinski definition) is 5. The molecule has 6 rings (SSSR count).